The molecule has 2 atom stereocenters. The first kappa shape index (κ1) is 17.7. The van der Waals surface area contributed by atoms with Crippen LogP contribution in [0.25, 0.3) is 0 Å². The van der Waals surface area contributed by atoms with Gasteiger partial charge in [-0.25, -0.2) is 13.6 Å². The first-order valence-corrected chi connectivity index (χ1v) is 8.03. The van der Waals surface area contributed by atoms with Gasteiger partial charge in [0, 0.05) is 31.3 Å². The van der Waals surface area contributed by atoms with Gasteiger partial charge in [-0.3, -0.25) is 0 Å². The zero-order chi connectivity index (χ0) is 17.0. The Hall–Kier alpha value is -1.69. The Balaban J connectivity index is 2.11. The number of nitrogens with one attached hydrogen (secondary N) is 1. The lowest BCUT2D eigenvalue weighted by molar-refractivity contribution is 0.126. The van der Waals surface area contributed by atoms with Crippen LogP contribution in [-0.4, -0.2) is 35.7 Å². The summed E-state index contributed by atoms with van der Waals surface area (Å²) in [5.74, 6) is -1.25. The van der Waals surface area contributed by atoms with Crippen molar-refractivity contribution in [3.8, 4) is 0 Å². The van der Waals surface area contributed by atoms with Gasteiger partial charge in [0.15, 0.2) is 0 Å². The molecule has 1 aliphatic heterocycles. The molecule has 0 spiro atoms. The van der Waals surface area contributed by atoms with Crippen LogP contribution in [0.2, 0.25) is 0 Å². The van der Waals surface area contributed by atoms with Gasteiger partial charge in [-0.05, 0) is 30.7 Å². The number of nitrogens with zero attached hydrogens (tertiary/aromatic N) is 1. The predicted molar refractivity (Wildman–Crippen MR) is 83.9 cm³/mol. The number of halogens is 2. The fourth-order valence-corrected chi connectivity index (χ4v) is 2.98. The Labute approximate surface area is 135 Å². The molecule has 0 radical (unpaired) electrons. The highest BCUT2D eigenvalue weighted by Gasteiger charge is 2.27. The van der Waals surface area contributed by atoms with E-state index in [0.717, 1.165) is 18.9 Å². The molecule has 0 aromatic heterocycles. The number of urea groups is 1. The maximum Gasteiger partial charge on any atom is 0.317 e. The maximum atomic E-state index is 14.0. The summed E-state index contributed by atoms with van der Waals surface area (Å²) in [5.41, 5.74) is 0.283. The summed E-state index contributed by atoms with van der Waals surface area (Å²) in [7, 11) is 0. The van der Waals surface area contributed by atoms with Gasteiger partial charge in [0.05, 0.1) is 6.04 Å². The monoisotopic (exact) mass is 326 g/mol. The van der Waals surface area contributed by atoms with Crippen molar-refractivity contribution >= 4 is 6.03 Å². The van der Waals surface area contributed by atoms with Crippen LogP contribution in [0.5, 0.6) is 0 Å². The molecule has 0 aliphatic carbocycles. The van der Waals surface area contributed by atoms with Crippen LogP contribution in [0.4, 0.5) is 13.6 Å². The van der Waals surface area contributed by atoms with Crippen LogP contribution in [0, 0.1) is 23.5 Å². The Morgan fingerprint density at radius 2 is 2.17 bits per heavy atom. The second-order valence-electron chi connectivity index (χ2n) is 6.47. The molecular weight excluding hydrogens is 302 g/mol. The Bertz CT molecular complexity index is 551. The third-order valence-electron chi connectivity index (χ3n) is 4.31. The molecule has 1 fully saturated rings. The summed E-state index contributed by atoms with van der Waals surface area (Å²) in [6.45, 7) is 4.93. The number of rotatable bonds is 4. The van der Waals surface area contributed by atoms with Gasteiger partial charge in [-0.15, -0.1) is 0 Å². The van der Waals surface area contributed by atoms with Crippen molar-refractivity contribution in [1.29, 1.82) is 0 Å². The van der Waals surface area contributed by atoms with E-state index in [-0.39, 0.29) is 30.0 Å². The van der Waals surface area contributed by atoms with E-state index in [1.54, 1.807) is 4.90 Å². The molecule has 1 aromatic carbocycles. The highest BCUT2D eigenvalue weighted by atomic mass is 19.1. The van der Waals surface area contributed by atoms with E-state index >= 15 is 0 Å². The molecule has 0 saturated carbocycles. The van der Waals surface area contributed by atoms with E-state index in [2.05, 4.69) is 5.32 Å². The summed E-state index contributed by atoms with van der Waals surface area (Å²) in [4.78, 5) is 14.1. The number of hydrogen-bond donors (Lipinski definition) is 2. The third-order valence-corrected chi connectivity index (χ3v) is 4.31. The van der Waals surface area contributed by atoms with Crippen molar-refractivity contribution in [3.63, 3.8) is 0 Å². The SMILES string of the molecule is CC(C)C(NC(=O)N1CCCC(CO)C1)c1ccc(F)cc1F. The average Bonchev–Trinajstić information content (AvgIpc) is 2.53. The van der Waals surface area contributed by atoms with Crippen molar-refractivity contribution < 1.29 is 18.7 Å². The van der Waals surface area contributed by atoms with Gasteiger partial charge >= 0.3 is 6.03 Å². The van der Waals surface area contributed by atoms with Gasteiger partial charge in [-0.1, -0.05) is 19.9 Å². The van der Waals surface area contributed by atoms with Gasteiger partial charge < -0.3 is 15.3 Å². The molecule has 1 aliphatic rings. The topological polar surface area (TPSA) is 52.6 Å². The van der Waals surface area contributed by atoms with Crippen LogP contribution >= 0.6 is 0 Å². The summed E-state index contributed by atoms with van der Waals surface area (Å²) in [6, 6.07) is 2.60. The summed E-state index contributed by atoms with van der Waals surface area (Å²) >= 11 is 0. The largest absolute Gasteiger partial charge is 0.396 e. The van der Waals surface area contributed by atoms with Crippen LogP contribution in [0.1, 0.15) is 38.3 Å². The minimum Gasteiger partial charge on any atom is -0.396 e. The standard InChI is InChI=1S/C17H24F2N2O2/c1-11(2)16(14-6-5-13(18)8-15(14)19)20-17(23)21-7-3-4-12(9-21)10-22/h5-6,8,11-12,16,22H,3-4,7,9-10H2,1-2H3,(H,20,23). The second kappa shape index (κ2) is 7.73. The quantitative estimate of drug-likeness (QED) is 0.893. The minimum atomic E-state index is -0.657. The van der Waals surface area contributed by atoms with E-state index in [1.807, 2.05) is 13.8 Å². The molecule has 23 heavy (non-hydrogen) atoms. The molecule has 2 amide bonds. The lowest BCUT2D eigenvalue weighted by Crippen LogP contribution is -2.48. The molecule has 6 heteroatoms. The Kier molecular flexibility index (Phi) is 5.93. The molecule has 1 aromatic rings. The molecule has 0 bridgehead atoms. The Morgan fingerprint density at radius 3 is 2.78 bits per heavy atom. The molecule has 4 nitrogen and oxygen atoms in total. The number of carbonyl (C=O) groups excluding carboxylic acids is 1. The first-order valence-electron chi connectivity index (χ1n) is 8.03. The number of carbonyl (C=O) groups is 1. The lowest BCUT2D eigenvalue weighted by Gasteiger charge is -2.34. The maximum absolute atomic E-state index is 14.0. The number of aliphatic hydroxyl groups excluding tert-OH is 1. The van der Waals surface area contributed by atoms with E-state index < -0.39 is 17.7 Å². The number of hydrogen-bond acceptors (Lipinski definition) is 2. The first-order chi connectivity index (χ1) is 10.9. The van der Waals surface area contributed by atoms with Gasteiger partial charge in [0.2, 0.25) is 0 Å². The molecular formula is C17H24F2N2O2. The molecule has 2 unspecified atom stereocenters. The van der Waals surface area contributed by atoms with Gasteiger partial charge in [0.25, 0.3) is 0 Å². The molecule has 128 valence electrons. The number of likely N-dealkylation sites (tertiary alicyclic amines) is 1. The third kappa shape index (κ3) is 4.41. The van der Waals surface area contributed by atoms with Crippen molar-refractivity contribution in [3.05, 3.63) is 35.4 Å². The van der Waals surface area contributed by atoms with Gasteiger partial charge in [-0.2, -0.15) is 0 Å². The number of piperidine rings is 1. The highest BCUT2D eigenvalue weighted by molar-refractivity contribution is 5.75. The van der Waals surface area contributed by atoms with Crippen molar-refractivity contribution in [2.75, 3.05) is 19.7 Å². The highest BCUT2D eigenvalue weighted by Crippen LogP contribution is 2.26. The minimum absolute atomic E-state index is 0.0441. The zero-order valence-corrected chi connectivity index (χ0v) is 13.6. The molecule has 1 heterocycles. The summed E-state index contributed by atoms with van der Waals surface area (Å²) < 4.78 is 27.1. The molecule has 2 rings (SSSR count). The normalized spacial score (nSPS) is 19.7. The molecule has 1 saturated heterocycles. The predicted octanol–water partition coefficient (Wildman–Crippen LogP) is 3.08. The Morgan fingerprint density at radius 1 is 1.43 bits per heavy atom. The zero-order valence-electron chi connectivity index (χ0n) is 13.6. The second-order valence-corrected chi connectivity index (χ2v) is 6.47. The van der Waals surface area contributed by atoms with Crippen molar-refractivity contribution in [2.24, 2.45) is 11.8 Å². The molecule has 2 N–H and O–H groups in total. The van der Waals surface area contributed by atoms with Crippen LogP contribution in [-0.2, 0) is 0 Å². The van der Waals surface area contributed by atoms with Crippen LogP contribution in [0.15, 0.2) is 18.2 Å². The smallest absolute Gasteiger partial charge is 0.317 e. The number of aliphatic hydroxyl groups is 1. The van der Waals surface area contributed by atoms with Crippen LogP contribution in [0.3, 0.4) is 0 Å². The van der Waals surface area contributed by atoms with E-state index in [0.29, 0.717) is 13.1 Å². The van der Waals surface area contributed by atoms with Gasteiger partial charge in [0.1, 0.15) is 11.6 Å². The fourth-order valence-electron chi connectivity index (χ4n) is 2.98. The fraction of sp³-hybridized carbons (Fsp3) is 0.588. The lowest BCUT2D eigenvalue weighted by atomic mass is 9.95. The number of amides is 2. The van der Waals surface area contributed by atoms with Crippen LogP contribution < -0.4 is 5.32 Å². The van der Waals surface area contributed by atoms with Crippen molar-refractivity contribution in [2.45, 2.75) is 32.7 Å². The summed E-state index contributed by atoms with van der Waals surface area (Å²) in [6.07, 6.45) is 1.75. The van der Waals surface area contributed by atoms with E-state index in [1.165, 1.54) is 12.1 Å². The number of benzene rings is 1. The summed E-state index contributed by atoms with van der Waals surface area (Å²) in [5, 5.41) is 12.1. The van der Waals surface area contributed by atoms with Crippen molar-refractivity contribution in [1.82, 2.24) is 10.2 Å². The van der Waals surface area contributed by atoms with E-state index in [4.69, 9.17) is 0 Å². The van der Waals surface area contributed by atoms with E-state index in [9.17, 15) is 18.7 Å². The average molecular weight is 326 g/mol.